The van der Waals surface area contributed by atoms with Gasteiger partial charge in [-0.25, -0.2) is 4.39 Å². The van der Waals surface area contributed by atoms with E-state index in [1.807, 2.05) is 12.1 Å². The van der Waals surface area contributed by atoms with Gasteiger partial charge in [-0.2, -0.15) is 0 Å². The number of hydrogen-bond donors (Lipinski definition) is 1. The first-order valence-electron chi connectivity index (χ1n) is 5.34. The van der Waals surface area contributed by atoms with Crippen LogP contribution in [0.15, 0.2) is 22.7 Å². The largest absolute Gasteiger partial charge is 0.327 e. The van der Waals surface area contributed by atoms with Gasteiger partial charge in [0.05, 0.1) is 0 Å². The minimum Gasteiger partial charge on any atom is -0.327 e. The molecule has 0 bridgehead atoms. The Kier molecular flexibility index (Phi) is 3.42. The third kappa shape index (κ3) is 3.28. The minimum absolute atomic E-state index is 0.105. The molecule has 1 atom stereocenters. The summed E-state index contributed by atoms with van der Waals surface area (Å²) in [5.41, 5.74) is 6.70. The molecule has 0 aromatic heterocycles. The number of nitrogens with two attached hydrogens (primary N) is 1. The van der Waals surface area contributed by atoms with Crippen LogP contribution in [0.3, 0.4) is 0 Å². The maximum atomic E-state index is 13.5. The molecule has 1 nitrogen and oxygen atoms in total. The van der Waals surface area contributed by atoms with E-state index in [0.29, 0.717) is 6.42 Å². The van der Waals surface area contributed by atoms with Gasteiger partial charge in [-0.15, -0.1) is 0 Å². The van der Waals surface area contributed by atoms with E-state index in [1.165, 1.54) is 18.9 Å². The lowest BCUT2D eigenvalue weighted by Gasteiger charge is -2.11. The average Bonchev–Trinajstić information content (AvgIpc) is 2.94. The molecule has 1 fully saturated rings. The van der Waals surface area contributed by atoms with E-state index in [0.717, 1.165) is 22.4 Å². The fourth-order valence-electron chi connectivity index (χ4n) is 1.83. The molecule has 0 spiro atoms. The van der Waals surface area contributed by atoms with Gasteiger partial charge in [0.25, 0.3) is 0 Å². The lowest BCUT2D eigenvalue weighted by atomic mass is 10.0. The Labute approximate surface area is 98.0 Å². The second-order valence-corrected chi connectivity index (χ2v) is 5.29. The number of halogens is 2. The standard InChI is InChI=1S/C12H15BrFN/c13-10-4-3-9(12(14)7-10)6-11(15)5-8-1-2-8/h3-4,7-8,11H,1-2,5-6,15H2. The number of hydrogen-bond acceptors (Lipinski definition) is 1. The van der Waals surface area contributed by atoms with Gasteiger partial charge in [0.15, 0.2) is 0 Å². The van der Waals surface area contributed by atoms with Crippen LogP contribution in [0.2, 0.25) is 0 Å². The van der Waals surface area contributed by atoms with E-state index >= 15 is 0 Å². The highest BCUT2D eigenvalue weighted by molar-refractivity contribution is 9.10. The Morgan fingerprint density at radius 2 is 2.20 bits per heavy atom. The van der Waals surface area contributed by atoms with Crippen LogP contribution < -0.4 is 5.73 Å². The second kappa shape index (κ2) is 4.62. The van der Waals surface area contributed by atoms with Crippen LogP contribution in [-0.4, -0.2) is 6.04 Å². The van der Waals surface area contributed by atoms with Crippen LogP contribution in [0.5, 0.6) is 0 Å². The van der Waals surface area contributed by atoms with Gasteiger partial charge in [-0.1, -0.05) is 34.8 Å². The Bertz CT molecular complexity index is 349. The summed E-state index contributed by atoms with van der Waals surface area (Å²) in [7, 11) is 0. The zero-order valence-corrected chi connectivity index (χ0v) is 10.1. The van der Waals surface area contributed by atoms with Crippen LogP contribution in [0, 0.1) is 11.7 Å². The molecule has 3 heteroatoms. The maximum Gasteiger partial charge on any atom is 0.127 e. The normalized spacial score (nSPS) is 17.8. The molecule has 1 aromatic carbocycles. The van der Waals surface area contributed by atoms with Crippen molar-refractivity contribution in [3.8, 4) is 0 Å². The average molecular weight is 272 g/mol. The van der Waals surface area contributed by atoms with Gasteiger partial charge < -0.3 is 5.73 Å². The summed E-state index contributed by atoms with van der Waals surface area (Å²) in [5, 5.41) is 0. The molecule has 1 aliphatic carbocycles. The van der Waals surface area contributed by atoms with Gasteiger partial charge in [-0.3, -0.25) is 0 Å². The van der Waals surface area contributed by atoms with Crippen molar-refractivity contribution in [3.63, 3.8) is 0 Å². The molecule has 1 saturated carbocycles. The van der Waals surface area contributed by atoms with E-state index in [4.69, 9.17) is 5.73 Å². The molecule has 2 rings (SSSR count). The summed E-state index contributed by atoms with van der Waals surface area (Å²) in [5.74, 6) is 0.647. The molecule has 1 aromatic rings. The van der Waals surface area contributed by atoms with Gasteiger partial charge in [0, 0.05) is 10.5 Å². The van der Waals surface area contributed by atoms with Crippen LogP contribution in [-0.2, 0) is 6.42 Å². The predicted octanol–water partition coefficient (Wildman–Crippen LogP) is 3.26. The van der Waals surface area contributed by atoms with Crippen LogP contribution in [0.1, 0.15) is 24.8 Å². The molecule has 0 aliphatic heterocycles. The van der Waals surface area contributed by atoms with Gasteiger partial charge in [0.2, 0.25) is 0 Å². The Hall–Kier alpha value is -0.410. The maximum absolute atomic E-state index is 13.5. The summed E-state index contributed by atoms with van der Waals surface area (Å²) in [4.78, 5) is 0. The topological polar surface area (TPSA) is 26.0 Å². The SMILES string of the molecule is NC(Cc1ccc(Br)cc1F)CC1CC1. The van der Waals surface area contributed by atoms with Crippen molar-refractivity contribution in [2.45, 2.75) is 31.7 Å². The Morgan fingerprint density at radius 3 is 2.80 bits per heavy atom. The highest BCUT2D eigenvalue weighted by Crippen LogP contribution is 2.33. The molecule has 82 valence electrons. The van der Waals surface area contributed by atoms with E-state index < -0.39 is 0 Å². The second-order valence-electron chi connectivity index (χ2n) is 4.38. The third-order valence-electron chi connectivity index (χ3n) is 2.83. The molecule has 0 heterocycles. The Morgan fingerprint density at radius 1 is 1.47 bits per heavy atom. The summed E-state index contributed by atoms with van der Waals surface area (Å²) < 4.78 is 14.3. The van der Waals surface area contributed by atoms with Gasteiger partial charge in [-0.05, 0) is 36.5 Å². The lowest BCUT2D eigenvalue weighted by molar-refractivity contribution is 0.542. The quantitative estimate of drug-likeness (QED) is 0.894. The van der Waals surface area contributed by atoms with E-state index in [2.05, 4.69) is 15.9 Å². The molecule has 15 heavy (non-hydrogen) atoms. The first-order chi connectivity index (χ1) is 7.15. The molecule has 1 aliphatic rings. The molecule has 2 N–H and O–H groups in total. The van der Waals surface area contributed by atoms with Gasteiger partial charge in [0.1, 0.15) is 5.82 Å². The van der Waals surface area contributed by atoms with Crippen molar-refractivity contribution in [1.29, 1.82) is 0 Å². The first-order valence-corrected chi connectivity index (χ1v) is 6.14. The molecule has 0 amide bonds. The summed E-state index contributed by atoms with van der Waals surface area (Å²) >= 11 is 3.24. The molecular formula is C12H15BrFN. The van der Waals surface area contributed by atoms with Crippen LogP contribution in [0.4, 0.5) is 4.39 Å². The first kappa shape index (κ1) is 11.1. The van der Waals surface area contributed by atoms with Gasteiger partial charge >= 0.3 is 0 Å². The van der Waals surface area contributed by atoms with Crippen molar-refractivity contribution < 1.29 is 4.39 Å². The third-order valence-corrected chi connectivity index (χ3v) is 3.32. The van der Waals surface area contributed by atoms with Crippen LogP contribution >= 0.6 is 15.9 Å². The van der Waals surface area contributed by atoms with E-state index in [-0.39, 0.29) is 11.9 Å². The summed E-state index contributed by atoms with van der Waals surface area (Å²) in [6.07, 6.45) is 4.29. The van der Waals surface area contributed by atoms with Crippen molar-refractivity contribution in [2.24, 2.45) is 11.7 Å². The lowest BCUT2D eigenvalue weighted by Crippen LogP contribution is -2.23. The smallest absolute Gasteiger partial charge is 0.127 e. The van der Waals surface area contributed by atoms with Crippen molar-refractivity contribution in [1.82, 2.24) is 0 Å². The fraction of sp³-hybridized carbons (Fsp3) is 0.500. The Balaban J connectivity index is 1.96. The highest BCUT2D eigenvalue weighted by atomic mass is 79.9. The number of rotatable bonds is 4. The minimum atomic E-state index is -0.157. The monoisotopic (exact) mass is 271 g/mol. The molecule has 0 radical (unpaired) electrons. The van der Waals surface area contributed by atoms with E-state index in [1.54, 1.807) is 0 Å². The zero-order chi connectivity index (χ0) is 10.8. The molecule has 1 unspecified atom stereocenters. The van der Waals surface area contributed by atoms with Crippen LogP contribution in [0.25, 0.3) is 0 Å². The number of benzene rings is 1. The highest BCUT2D eigenvalue weighted by Gasteiger charge is 2.24. The van der Waals surface area contributed by atoms with Crippen molar-refractivity contribution >= 4 is 15.9 Å². The summed E-state index contributed by atoms with van der Waals surface area (Å²) in [6.45, 7) is 0. The van der Waals surface area contributed by atoms with Crippen molar-refractivity contribution in [2.75, 3.05) is 0 Å². The summed E-state index contributed by atoms with van der Waals surface area (Å²) in [6, 6.07) is 5.28. The van der Waals surface area contributed by atoms with E-state index in [9.17, 15) is 4.39 Å². The zero-order valence-electron chi connectivity index (χ0n) is 8.55. The van der Waals surface area contributed by atoms with Crippen molar-refractivity contribution in [3.05, 3.63) is 34.1 Å². The molecule has 0 saturated heterocycles. The molecular weight excluding hydrogens is 257 g/mol. The fourth-order valence-corrected chi connectivity index (χ4v) is 2.17. The predicted molar refractivity (Wildman–Crippen MR) is 63.1 cm³/mol.